The molecule has 6 N–H and O–H groups in total. The molecule has 1 aromatic carbocycles. The Kier molecular flexibility index (Phi) is 8.00. The molecular weight excluding hydrogens is 531 g/mol. The van der Waals surface area contributed by atoms with E-state index in [4.69, 9.17) is 5.73 Å². The largest absolute Gasteiger partial charge is 0.511 e. The summed E-state index contributed by atoms with van der Waals surface area (Å²) in [4.78, 5) is 40.7. The number of primary amides is 1. The number of carbonyl (C=O) groups is 3. The standard InChI is InChI=1S/C31H39FN2O7/c1-2-9-34(14-16-7-5-3-4-6-8-16)15-18-12-21(35)24-20(26(18)32)11-17-10-19-13-22(36)25(30(33)40)29(39)31(19,41)28(38)23(17)27(24)37/h12,16-17,19,35-36,38,41H,2-11,13-15H2,1H3,(H2,33,40)/t17?,19-,31-/m0/s1. The Morgan fingerprint density at radius 2 is 1.80 bits per heavy atom. The van der Waals surface area contributed by atoms with Gasteiger partial charge in [-0.25, -0.2) is 4.39 Å². The van der Waals surface area contributed by atoms with E-state index >= 15 is 4.39 Å². The van der Waals surface area contributed by atoms with Crippen LogP contribution in [0.15, 0.2) is 28.7 Å². The highest BCUT2D eigenvalue weighted by molar-refractivity contribution is 6.24. The van der Waals surface area contributed by atoms with Crippen LogP contribution in [-0.4, -0.2) is 61.5 Å². The van der Waals surface area contributed by atoms with Crippen molar-refractivity contribution in [3.05, 3.63) is 51.2 Å². The smallest absolute Gasteiger partial charge is 0.255 e. The number of hydrogen-bond acceptors (Lipinski definition) is 8. The van der Waals surface area contributed by atoms with Crippen LogP contribution in [0.1, 0.15) is 86.2 Å². The van der Waals surface area contributed by atoms with Gasteiger partial charge in [0.1, 0.15) is 28.7 Å². The Labute approximate surface area is 238 Å². The van der Waals surface area contributed by atoms with Crippen molar-refractivity contribution in [2.24, 2.45) is 23.5 Å². The third kappa shape index (κ3) is 4.95. The molecule has 1 fully saturated rings. The fraction of sp³-hybridized carbons (Fsp3) is 0.581. The SMILES string of the molecule is CCCN(Cc1cc(O)c2c(c1F)CC1C[C@H]3CC(O)=C(C(N)=O)C(=O)[C@@]3(O)C(O)=C1C2=O)CC1CCCCCC1. The van der Waals surface area contributed by atoms with Gasteiger partial charge in [0.15, 0.2) is 11.4 Å². The number of ketones is 2. The summed E-state index contributed by atoms with van der Waals surface area (Å²) in [6.07, 6.45) is 7.67. The minimum absolute atomic E-state index is 0.0308. The van der Waals surface area contributed by atoms with Crippen LogP contribution in [0.4, 0.5) is 4.39 Å². The number of carbonyl (C=O) groups excluding carboxylic acids is 3. The maximum atomic E-state index is 16.1. The fourth-order valence-electron chi connectivity index (χ4n) is 7.54. The zero-order valence-corrected chi connectivity index (χ0v) is 23.4. The lowest BCUT2D eigenvalue weighted by Gasteiger charge is -2.45. The molecule has 4 aliphatic carbocycles. The van der Waals surface area contributed by atoms with Crippen molar-refractivity contribution in [1.29, 1.82) is 0 Å². The average molecular weight is 571 g/mol. The van der Waals surface area contributed by atoms with E-state index in [1.165, 1.54) is 31.7 Å². The number of fused-ring (bicyclic) bond motifs is 3. The van der Waals surface area contributed by atoms with Crippen LogP contribution in [0.25, 0.3) is 0 Å². The zero-order valence-electron chi connectivity index (χ0n) is 23.4. The first-order chi connectivity index (χ1) is 19.5. The molecule has 4 aliphatic rings. The number of rotatable bonds is 7. The summed E-state index contributed by atoms with van der Waals surface area (Å²) < 4.78 is 16.1. The predicted molar refractivity (Wildman–Crippen MR) is 148 cm³/mol. The molecule has 3 atom stereocenters. The van der Waals surface area contributed by atoms with Gasteiger partial charge >= 0.3 is 0 Å². The van der Waals surface area contributed by atoms with Gasteiger partial charge in [0.25, 0.3) is 5.91 Å². The Morgan fingerprint density at radius 3 is 2.44 bits per heavy atom. The van der Waals surface area contributed by atoms with Gasteiger partial charge in [-0.3, -0.25) is 19.3 Å². The number of aromatic hydroxyl groups is 1. The number of aliphatic hydroxyl groups is 3. The highest BCUT2D eigenvalue weighted by Crippen LogP contribution is 2.51. The number of Topliss-reactive ketones (excluding diaryl/α,β-unsaturated/α-hetero) is 2. The van der Waals surface area contributed by atoms with Crippen LogP contribution in [0.2, 0.25) is 0 Å². The summed E-state index contributed by atoms with van der Waals surface area (Å²) in [6, 6.07) is 1.26. The van der Waals surface area contributed by atoms with Crippen LogP contribution < -0.4 is 5.73 Å². The Hall–Kier alpha value is -3.24. The molecule has 0 saturated heterocycles. The second-order valence-electron chi connectivity index (χ2n) is 12.2. The number of benzene rings is 1. The number of nitrogens with two attached hydrogens (primary N) is 1. The highest BCUT2D eigenvalue weighted by Gasteiger charge is 2.59. The van der Waals surface area contributed by atoms with Gasteiger partial charge in [-0.15, -0.1) is 0 Å². The van der Waals surface area contributed by atoms with E-state index < -0.39 is 63.6 Å². The molecule has 222 valence electrons. The van der Waals surface area contributed by atoms with E-state index in [-0.39, 0.29) is 42.5 Å². The highest BCUT2D eigenvalue weighted by atomic mass is 19.1. The van der Waals surface area contributed by atoms with Crippen LogP contribution in [0.5, 0.6) is 5.75 Å². The number of nitrogens with zero attached hydrogens (tertiary/aromatic N) is 1. The molecule has 0 aliphatic heterocycles. The molecule has 9 nitrogen and oxygen atoms in total. The van der Waals surface area contributed by atoms with E-state index in [0.717, 1.165) is 32.4 Å². The number of hydrogen-bond donors (Lipinski definition) is 5. The van der Waals surface area contributed by atoms with Crippen molar-refractivity contribution in [3.8, 4) is 5.75 Å². The normalized spacial score (nSPS) is 27.0. The number of halogens is 1. The van der Waals surface area contributed by atoms with E-state index in [1.54, 1.807) is 0 Å². The maximum absolute atomic E-state index is 16.1. The second-order valence-corrected chi connectivity index (χ2v) is 12.2. The molecule has 1 amide bonds. The van der Waals surface area contributed by atoms with Crippen molar-refractivity contribution in [2.75, 3.05) is 13.1 Å². The molecule has 5 rings (SSSR count). The predicted octanol–water partition coefficient (Wildman–Crippen LogP) is 3.90. The summed E-state index contributed by atoms with van der Waals surface area (Å²) in [5.41, 5.74) is 1.51. The maximum Gasteiger partial charge on any atom is 0.255 e. The number of amides is 1. The lowest BCUT2D eigenvalue weighted by atomic mass is 9.60. The van der Waals surface area contributed by atoms with Crippen LogP contribution >= 0.6 is 0 Å². The van der Waals surface area contributed by atoms with Crippen molar-refractivity contribution < 1.29 is 39.2 Å². The topological polar surface area (TPSA) is 161 Å². The molecule has 41 heavy (non-hydrogen) atoms. The van der Waals surface area contributed by atoms with E-state index in [9.17, 15) is 34.8 Å². The van der Waals surface area contributed by atoms with Crippen LogP contribution in [0, 0.1) is 23.6 Å². The number of aliphatic hydroxyl groups excluding tert-OH is 2. The zero-order chi connectivity index (χ0) is 29.6. The summed E-state index contributed by atoms with van der Waals surface area (Å²) in [5.74, 6) is -7.23. The Morgan fingerprint density at radius 1 is 1.12 bits per heavy atom. The van der Waals surface area contributed by atoms with Crippen LogP contribution in [0.3, 0.4) is 0 Å². The first kappa shape index (κ1) is 29.3. The van der Waals surface area contributed by atoms with Gasteiger partial charge in [0.2, 0.25) is 5.78 Å². The number of phenolic OH excluding ortho intramolecular Hbond substituents is 1. The minimum atomic E-state index is -2.64. The molecule has 0 radical (unpaired) electrons. The molecular formula is C31H39FN2O7. The summed E-state index contributed by atoms with van der Waals surface area (Å²) in [6.45, 7) is 3.97. The molecule has 1 unspecified atom stereocenters. The van der Waals surface area contributed by atoms with E-state index in [1.807, 2.05) is 0 Å². The van der Waals surface area contributed by atoms with Crippen molar-refractivity contribution in [2.45, 2.75) is 83.3 Å². The molecule has 0 bridgehead atoms. The van der Waals surface area contributed by atoms with Crippen molar-refractivity contribution >= 4 is 17.5 Å². The lowest BCUT2D eigenvalue weighted by Crippen LogP contribution is -2.57. The number of phenols is 1. The molecule has 10 heteroatoms. The fourth-order valence-corrected chi connectivity index (χ4v) is 7.54. The first-order valence-corrected chi connectivity index (χ1v) is 14.7. The average Bonchev–Trinajstić information content (AvgIpc) is 3.17. The van der Waals surface area contributed by atoms with Gasteiger partial charge in [-0.1, -0.05) is 32.6 Å². The molecule has 0 heterocycles. The van der Waals surface area contributed by atoms with Crippen LogP contribution in [-0.2, 0) is 22.6 Å². The van der Waals surface area contributed by atoms with Gasteiger partial charge in [0.05, 0.1) is 5.56 Å². The van der Waals surface area contributed by atoms with Gasteiger partial charge in [-0.2, -0.15) is 0 Å². The molecule has 0 spiro atoms. The van der Waals surface area contributed by atoms with E-state index in [0.29, 0.717) is 11.5 Å². The third-order valence-corrected chi connectivity index (χ3v) is 9.50. The second kappa shape index (κ2) is 11.2. The summed E-state index contributed by atoms with van der Waals surface area (Å²) >= 11 is 0. The van der Waals surface area contributed by atoms with Gasteiger partial charge < -0.3 is 26.2 Å². The minimum Gasteiger partial charge on any atom is -0.511 e. The summed E-state index contributed by atoms with van der Waals surface area (Å²) in [7, 11) is 0. The Balaban J connectivity index is 1.49. The molecule has 1 aromatic rings. The van der Waals surface area contributed by atoms with Gasteiger partial charge in [-0.05, 0) is 56.6 Å². The summed E-state index contributed by atoms with van der Waals surface area (Å²) in [5, 5.41) is 43.7. The molecule has 1 saturated carbocycles. The van der Waals surface area contributed by atoms with Gasteiger partial charge in [0, 0.05) is 42.1 Å². The molecule has 0 aromatic heterocycles. The number of allylic oxidation sites excluding steroid dienone is 2. The van der Waals surface area contributed by atoms with Crippen molar-refractivity contribution in [1.82, 2.24) is 4.90 Å². The first-order valence-electron chi connectivity index (χ1n) is 14.7. The lowest BCUT2D eigenvalue weighted by molar-refractivity contribution is -0.144. The van der Waals surface area contributed by atoms with E-state index in [2.05, 4.69) is 11.8 Å². The monoisotopic (exact) mass is 570 g/mol. The third-order valence-electron chi connectivity index (χ3n) is 9.50. The Bertz CT molecular complexity index is 1340. The quantitative estimate of drug-likeness (QED) is 0.244. The van der Waals surface area contributed by atoms with Crippen molar-refractivity contribution in [3.63, 3.8) is 0 Å².